The van der Waals surface area contributed by atoms with Gasteiger partial charge in [0.25, 0.3) is 11.6 Å². The quantitative estimate of drug-likeness (QED) is 0.442. The maximum absolute atomic E-state index is 11.8. The Balaban J connectivity index is 1.79. The Kier molecular flexibility index (Phi) is 6.67. The summed E-state index contributed by atoms with van der Waals surface area (Å²) in [6.07, 6.45) is 0.528. The lowest BCUT2D eigenvalue weighted by Gasteiger charge is -2.08. The molecule has 0 aromatic heterocycles. The van der Waals surface area contributed by atoms with Gasteiger partial charge in [0.2, 0.25) is 0 Å². The Labute approximate surface area is 149 Å². The Morgan fingerprint density at radius 3 is 2.65 bits per heavy atom. The van der Waals surface area contributed by atoms with Crippen LogP contribution in [0.5, 0.6) is 5.75 Å². The minimum atomic E-state index is -0.573. The van der Waals surface area contributed by atoms with Crippen molar-refractivity contribution >= 4 is 23.3 Å². The second-order valence-electron chi connectivity index (χ2n) is 5.33. The zero-order valence-corrected chi connectivity index (χ0v) is 14.1. The zero-order valence-electron chi connectivity index (χ0n) is 14.1. The maximum atomic E-state index is 11.8. The van der Waals surface area contributed by atoms with Crippen LogP contribution in [0.15, 0.2) is 48.5 Å². The van der Waals surface area contributed by atoms with Crippen molar-refractivity contribution in [3.05, 3.63) is 64.2 Å². The van der Waals surface area contributed by atoms with Crippen LogP contribution in [0.4, 0.5) is 11.4 Å². The standard InChI is InChI=1S/C18H18N2O6/c1-25-16-8-3-2-5-13(16)9-10-18(22)26-12-17(21)19-14-6-4-7-15(11-14)20(23)24/h2-8,11H,9-10,12H2,1H3,(H,19,21). The van der Waals surface area contributed by atoms with Crippen LogP contribution in [0.25, 0.3) is 0 Å². The van der Waals surface area contributed by atoms with Gasteiger partial charge < -0.3 is 14.8 Å². The van der Waals surface area contributed by atoms with Crippen molar-refractivity contribution < 1.29 is 24.0 Å². The van der Waals surface area contributed by atoms with Gasteiger partial charge in [0.15, 0.2) is 6.61 Å². The van der Waals surface area contributed by atoms with Crippen LogP contribution in [-0.4, -0.2) is 30.5 Å². The second-order valence-corrected chi connectivity index (χ2v) is 5.33. The van der Waals surface area contributed by atoms with E-state index in [1.54, 1.807) is 13.2 Å². The number of para-hydroxylation sites is 1. The average molecular weight is 358 g/mol. The van der Waals surface area contributed by atoms with Gasteiger partial charge in [-0.25, -0.2) is 0 Å². The number of carbonyl (C=O) groups is 2. The number of nitrogens with zero attached hydrogens (tertiary/aromatic N) is 1. The highest BCUT2D eigenvalue weighted by Crippen LogP contribution is 2.19. The number of non-ortho nitro benzene ring substituents is 1. The molecule has 0 bridgehead atoms. The number of amides is 1. The summed E-state index contributed by atoms with van der Waals surface area (Å²) >= 11 is 0. The molecule has 0 aliphatic rings. The molecule has 8 heteroatoms. The van der Waals surface area contributed by atoms with Crippen LogP contribution in [-0.2, 0) is 20.7 Å². The van der Waals surface area contributed by atoms with Crippen molar-refractivity contribution in [2.45, 2.75) is 12.8 Å². The lowest BCUT2D eigenvalue weighted by atomic mass is 10.1. The molecule has 1 N–H and O–H groups in total. The number of esters is 1. The van der Waals surface area contributed by atoms with Crippen LogP contribution in [0.1, 0.15) is 12.0 Å². The summed E-state index contributed by atoms with van der Waals surface area (Å²) in [5.41, 5.74) is 0.985. The monoisotopic (exact) mass is 358 g/mol. The van der Waals surface area contributed by atoms with E-state index in [0.717, 1.165) is 5.56 Å². The molecule has 0 saturated heterocycles. The highest BCUT2D eigenvalue weighted by molar-refractivity contribution is 5.93. The molecule has 2 rings (SSSR count). The number of anilines is 1. The van der Waals surface area contributed by atoms with Gasteiger partial charge in [-0.3, -0.25) is 19.7 Å². The minimum Gasteiger partial charge on any atom is -0.496 e. The molecule has 26 heavy (non-hydrogen) atoms. The molecule has 0 aliphatic heterocycles. The largest absolute Gasteiger partial charge is 0.496 e. The highest BCUT2D eigenvalue weighted by Gasteiger charge is 2.11. The molecule has 2 aromatic rings. The number of ether oxygens (including phenoxy) is 2. The summed E-state index contributed by atoms with van der Waals surface area (Å²) in [4.78, 5) is 33.7. The molecule has 136 valence electrons. The lowest BCUT2D eigenvalue weighted by Crippen LogP contribution is -2.21. The number of hydrogen-bond acceptors (Lipinski definition) is 6. The van der Waals surface area contributed by atoms with Gasteiger partial charge in [-0.05, 0) is 24.1 Å². The topological polar surface area (TPSA) is 108 Å². The molecule has 0 atom stereocenters. The Hall–Kier alpha value is -3.42. The average Bonchev–Trinajstić information content (AvgIpc) is 2.65. The van der Waals surface area contributed by atoms with E-state index in [9.17, 15) is 19.7 Å². The smallest absolute Gasteiger partial charge is 0.306 e. The number of benzene rings is 2. The number of methoxy groups -OCH3 is 1. The van der Waals surface area contributed by atoms with Crippen molar-refractivity contribution in [3.63, 3.8) is 0 Å². The number of aryl methyl sites for hydroxylation is 1. The first-order valence-corrected chi connectivity index (χ1v) is 7.81. The predicted octanol–water partition coefficient (Wildman–Crippen LogP) is 2.72. The summed E-state index contributed by atoms with van der Waals surface area (Å²) in [6, 6.07) is 12.8. The molecule has 0 fully saturated rings. The molecule has 0 heterocycles. The van der Waals surface area contributed by atoms with Crippen LogP contribution >= 0.6 is 0 Å². The third kappa shape index (κ3) is 5.59. The zero-order chi connectivity index (χ0) is 18.9. The first-order valence-electron chi connectivity index (χ1n) is 7.81. The molecule has 0 aliphatic carbocycles. The van der Waals surface area contributed by atoms with Gasteiger partial charge in [0.05, 0.1) is 12.0 Å². The minimum absolute atomic E-state index is 0.102. The molecule has 2 aromatic carbocycles. The van der Waals surface area contributed by atoms with Gasteiger partial charge in [0.1, 0.15) is 5.75 Å². The first-order chi connectivity index (χ1) is 12.5. The van der Waals surface area contributed by atoms with Gasteiger partial charge >= 0.3 is 5.97 Å². The van der Waals surface area contributed by atoms with Crippen LogP contribution in [0.3, 0.4) is 0 Å². The van der Waals surface area contributed by atoms with E-state index in [0.29, 0.717) is 12.2 Å². The van der Waals surface area contributed by atoms with Gasteiger partial charge in [0, 0.05) is 24.2 Å². The fourth-order valence-corrected chi connectivity index (χ4v) is 2.26. The van der Waals surface area contributed by atoms with Crippen molar-refractivity contribution in [3.8, 4) is 5.75 Å². The SMILES string of the molecule is COc1ccccc1CCC(=O)OCC(=O)Nc1cccc([N+](=O)[O-])c1. The fourth-order valence-electron chi connectivity index (χ4n) is 2.26. The van der Waals surface area contributed by atoms with E-state index in [1.165, 1.54) is 24.3 Å². The highest BCUT2D eigenvalue weighted by atomic mass is 16.6. The number of nitrogens with one attached hydrogen (secondary N) is 1. The maximum Gasteiger partial charge on any atom is 0.306 e. The van der Waals surface area contributed by atoms with Crippen molar-refractivity contribution in [1.29, 1.82) is 0 Å². The normalized spacial score (nSPS) is 10.0. The van der Waals surface area contributed by atoms with Crippen molar-refractivity contribution in [1.82, 2.24) is 0 Å². The van der Waals surface area contributed by atoms with Crippen molar-refractivity contribution in [2.75, 3.05) is 19.0 Å². The molecular weight excluding hydrogens is 340 g/mol. The number of carbonyl (C=O) groups excluding carboxylic acids is 2. The van der Waals surface area contributed by atoms with Crippen LogP contribution in [0, 0.1) is 10.1 Å². The lowest BCUT2D eigenvalue weighted by molar-refractivity contribution is -0.384. The third-order valence-electron chi connectivity index (χ3n) is 3.50. The number of nitro benzene ring substituents is 1. The van der Waals surface area contributed by atoms with Gasteiger partial charge in [-0.15, -0.1) is 0 Å². The molecule has 0 radical (unpaired) electrons. The Bertz CT molecular complexity index is 806. The predicted molar refractivity (Wildman–Crippen MR) is 94.0 cm³/mol. The summed E-state index contributed by atoms with van der Waals surface area (Å²) < 4.78 is 10.1. The van der Waals surface area contributed by atoms with Gasteiger partial charge in [-0.2, -0.15) is 0 Å². The third-order valence-corrected chi connectivity index (χ3v) is 3.50. The number of hydrogen-bond donors (Lipinski definition) is 1. The van der Waals surface area contributed by atoms with E-state index in [4.69, 9.17) is 9.47 Å². The first kappa shape index (κ1) is 18.9. The van der Waals surface area contributed by atoms with Crippen LogP contribution < -0.4 is 10.1 Å². The van der Waals surface area contributed by atoms with E-state index >= 15 is 0 Å². The van der Waals surface area contributed by atoms with Gasteiger partial charge in [-0.1, -0.05) is 24.3 Å². The molecule has 0 spiro atoms. The molecule has 1 amide bonds. The van der Waals surface area contributed by atoms with E-state index in [-0.39, 0.29) is 17.8 Å². The molecule has 0 unspecified atom stereocenters. The Morgan fingerprint density at radius 2 is 1.92 bits per heavy atom. The van der Waals surface area contributed by atoms with E-state index in [2.05, 4.69) is 5.32 Å². The van der Waals surface area contributed by atoms with Crippen LogP contribution in [0.2, 0.25) is 0 Å². The van der Waals surface area contributed by atoms with Crippen molar-refractivity contribution in [2.24, 2.45) is 0 Å². The molecule has 0 saturated carbocycles. The summed E-state index contributed by atoms with van der Waals surface area (Å²) in [5, 5.41) is 13.1. The number of nitro groups is 1. The molecule has 8 nitrogen and oxygen atoms in total. The second kappa shape index (κ2) is 9.16. The van der Waals surface area contributed by atoms with E-state index in [1.807, 2.05) is 18.2 Å². The molecular formula is C18H18N2O6. The van der Waals surface area contributed by atoms with E-state index < -0.39 is 23.4 Å². The number of rotatable bonds is 8. The summed E-state index contributed by atoms with van der Waals surface area (Å²) in [6.45, 7) is -0.465. The fraction of sp³-hybridized carbons (Fsp3) is 0.222. The summed E-state index contributed by atoms with van der Waals surface area (Å²) in [7, 11) is 1.55. The summed E-state index contributed by atoms with van der Waals surface area (Å²) in [5.74, 6) is -0.412. The Morgan fingerprint density at radius 1 is 1.15 bits per heavy atom.